The highest BCUT2D eigenvalue weighted by Crippen LogP contribution is 2.35. The Morgan fingerprint density at radius 1 is 1.43 bits per heavy atom. The highest BCUT2D eigenvalue weighted by Gasteiger charge is 2.32. The van der Waals surface area contributed by atoms with Gasteiger partial charge in [-0.05, 0) is 6.92 Å². The number of thioether (sulfide) groups is 1. The summed E-state index contributed by atoms with van der Waals surface area (Å²) < 4.78 is 37.4. The van der Waals surface area contributed by atoms with Gasteiger partial charge in [0.05, 0.1) is 0 Å². The molecule has 0 radical (unpaired) electrons. The quantitative estimate of drug-likeness (QED) is 0.786. The minimum absolute atomic E-state index is 0.166. The summed E-state index contributed by atoms with van der Waals surface area (Å²) in [7, 11) is 0. The molecular formula is C6H9F3N4S. The molecule has 4 nitrogen and oxygen atoms in total. The van der Waals surface area contributed by atoms with Crippen molar-refractivity contribution in [3.63, 3.8) is 0 Å². The maximum absolute atomic E-state index is 12.0. The van der Waals surface area contributed by atoms with Crippen LogP contribution in [-0.2, 0) is 6.54 Å². The van der Waals surface area contributed by atoms with E-state index >= 15 is 0 Å². The van der Waals surface area contributed by atoms with E-state index in [4.69, 9.17) is 5.73 Å². The Bertz CT molecular complexity index is 309. The Labute approximate surface area is 82.7 Å². The normalized spacial score (nSPS) is 12.1. The summed E-state index contributed by atoms with van der Waals surface area (Å²) in [4.78, 5) is 0. The number of aryl methyl sites for hydroxylation is 1. The average Bonchev–Trinajstić information content (AvgIpc) is 2.33. The summed E-state index contributed by atoms with van der Waals surface area (Å²) in [6.07, 6.45) is 0. The third-order valence-electron chi connectivity index (χ3n) is 1.46. The summed E-state index contributed by atoms with van der Waals surface area (Å²) in [5.41, 5.74) is 0.913. The molecule has 0 unspecified atom stereocenters. The topological polar surface area (TPSA) is 56.7 Å². The van der Waals surface area contributed by atoms with Crippen LogP contribution in [0.4, 0.5) is 13.2 Å². The lowest BCUT2D eigenvalue weighted by molar-refractivity contribution is -0.0332. The van der Waals surface area contributed by atoms with E-state index in [1.807, 2.05) is 0 Å². The lowest BCUT2D eigenvalue weighted by atomic mass is 10.6. The molecule has 0 saturated carbocycles. The lowest BCUT2D eigenvalue weighted by Crippen LogP contribution is -2.13. The molecule has 0 bridgehead atoms. The van der Waals surface area contributed by atoms with Gasteiger partial charge in [-0.1, -0.05) is 0 Å². The van der Waals surface area contributed by atoms with Crippen LogP contribution in [0.3, 0.4) is 0 Å². The zero-order valence-corrected chi connectivity index (χ0v) is 8.19. The fourth-order valence-electron chi connectivity index (χ4n) is 0.927. The molecule has 0 saturated heterocycles. The van der Waals surface area contributed by atoms with Gasteiger partial charge in [0.15, 0.2) is 5.16 Å². The number of hydrogen-bond donors (Lipinski definition) is 1. The lowest BCUT2D eigenvalue weighted by Gasteiger charge is -2.07. The molecule has 80 valence electrons. The van der Waals surface area contributed by atoms with Gasteiger partial charge in [0.2, 0.25) is 0 Å². The molecule has 2 N–H and O–H groups in total. The minimum Gasteiger partial charge on any atom is -0.329 e. The summed E-state index contributed by atoms with van der Waals surface area (Å²) >= 11 is -0.278. The second-order valence-electron chi connectivity index (χ2n) is 2.52. The number of rotatable bonds is 3. The van der Waals surface area contributed by atoms with Crippen molar-refractivity contribution in [3.8, 4) is 0 Å². The van der Waals surface area contributed by atoms with Crippen molar-refractivity contribution in [2.45, 2.75) is 24.1 Å². The van der Waals surface area contributed by atoms with E-state index in [1.54, 1.807) is 6.92 Å². The molecule has 1 heterocycles. The van der Waals surface area contributed by atoms with Gasteiger partial charge >= 0.3 is 5.51 Å². The average molecular weight is 226 g/mol. The van der Waals surface area contributed by atoms with Crippen LogP contribution in [-0.4, -0.2) is 26.8 Å². The smallest absolute Gasteiger partial charge is 0.329 e. The van der Waals surface area contributed by atoms with Gasteiger partial charge in [0.1, 0.15) is 5.82 Å². The SMILES string of the molecule is Cc1nnc(SC(F)(F)F)n1CCN. The molecule has 0 fully saturated rings. The van der Waals surface area contributed by atoms with Gasteiger partial charge in [-0.2, -0.15) is 13.2 Å². The molecule has 0 aromatic carbocycles. The summed E-state index contributed by atoms with van der Waals surface area (Å²) in [5.74, 6) is 0.433. The first kappa shape index (κ1) is 11.3. The number of aromatic nitrogens is 3. The van der Waals surface area contributed by atoms with Crippen LogP contribution in [0.1, 0.15) is 5.82 Å². The molecule has 1 aromatic heterocycles. The first-order valence-electron chi connectivity index (χ1n) is 3.79. The maximum atomic E-state index is 12.0. The first-order chi connectivity index (χ1) is 6.44. The molecule has 0 aliphatic heterocycles. The van der Waals surface area contributed by atoms with Crippen molar-refractivity contribution in [2.75, 3.05) is 6.54 Å². The Balaban J connectivity index is 2.86. The molecule has 0 aliphatic carbocycles. The van der Waals surface area contributed by atoms with E-state index in [2.05, 4.69) is 10.2 Å². The van der Waals surface area contributed by atoms with Crippen molar-refractivity contribution in [1.29, 1.82) is 0 Å². The Morgan fingerprint density at radius 2 is 2.07 bits per heavy atom. The van der Waals surface area contributed by atoms with Crippen molar-refractivity contribution >= 4 is 11.8 Å². The molecule has 1 aromatic rings. The van der Waals surface area contributed by atoms with Gasteiger partial charge in [0.25, 0.3) is 0 Å². The van der Waals surface area contributed by atoms with Gasteiger partial charge in [-0.25, -0.2) is 0 Å². The van der Waals surface area contributed by atoms with E-state index in [0.717, 1.165) is 0 Å². The van der Waals surface area contributed by atoms with Crippen LogP contribution >= 0.6 is 11.8 Å². The van der Waals surface area contributed by atoms with Crippen LogP contribution < -0.4 is 5.73 Å². The van der Waals surface area contributed by atoms with Crippen molar-refractivity contribution in [3.05, 3.63) is 5.82 Å². The fourth-order valence-corrected chi connectivity index (χ4v) is 1.55. The molecule has 0 atom stereocenters. The molecule has 8 heteroatoms. The zero-order valence-electron chi connectivity index (χ0n) is 7.38. The Hall–Kier alpha value is -0.760. The highest BCUT2D eigenvalue weighted by atomic mass is 32.2. The molecular weight excluding hydrogens is 217 g/mol. The predicted molar refractivity (Wildman–Crippen MR) is 45.7 cm³/mol. The highest BCUT2D eigenvalue weighted by molar-refractivity contribution is 8.00. The maximum Gasteiger partial charge on any atom is 0.449 e. The third kappa shape index (κ3) is 2.88. The van der Waals surface area contributed by atoms with Crippen molar-refractivity contribution in [2.24, 2.45) is 5.73 Å². The van der Waals surface area contributed by atoms with Crippen LogP contribution in [0.25, 0.3) is 0 Å². The molecule has 1 rings (SSSR count). The van der Waals surface area contributed by atoms with E-state index in [-0.39, 0.29) is 30.0 Å². The second-order valence-corrected chi connectivity index (χ2v) is 3.55. The first-order valence-corrected chi connectivity index (χ1v) is 4.61. The van der Waals surface area contributed by atoms with Crippen LogP contribution in [0, 0.1) is 6.92 Å². The summed E-state index contributed by atoms with van der Waals surface area (Å²) in [5, 5.41) is 6.81. The number of nitrogens with two attached hydrogens (primary N) is 1. The molecule has 0 amide bonds. The standard InChI is InChI=1S/C6H9F3N4S/c1-4-11-12-5(13(4)3-2-10)14-6(7,8)9/h2-3,10H2,1H3. The van der Waals surface area contributed by atoms with E-state index in [1.165, 1.54) is 4.57 Å². The van der Waals surface area contributed by atoms with E-state index < -0.39 is 5.51 Å². The van der Waals surface area contributed by atoms with Gasteiger partial charge < -0.3 is 10.3 Å². The van der Waals surface area contributed by atoms with Crippen LogP contribution in [0.15, 0.2) is 5.16 Å². The Morgan fingerprint density at radius 3 is 2.57 bits per heavy atom. The predicted octanol–water partition coefficient (Wildman–Crippen LogP) is 1.16. The van der Waals surface area contributed by atoms with E-state index in [0.29, 0.717) is 5.82 Å². The van der Waals surface area contributed by atoms with Gasteiger partial charge in [-0.3, -0.25) is 0 Å². The molecule has 14 heavy (non-hydrogen) atoms. The summed E-state index contributed by atoms with van der Waals surface area (Å²) in [6, 6.07) is 0. The van der Waals surface area contributed by atoms with E-state index in [9.17, 15) is 13.2 Å². The van der Waals surface area contributed by atoms with Crippen molar-refractivity contribution in [1.82, 2.24) is 14.8 Å². The second kappa shape index (κ2) is 4.18. The third-order valence-corrected chi connectivity index (χ3v) is 2.18. The zero-order chi connectivity index (χ0) is 10.8. The summed E-state index contributed by atoms with van der Waals surface area (Å²) in [6.45, 7) is 2.13. The van der Waals surface area contributed by atoms with Gasteiger partial charge in [0, 0.05) is 24.9 Å². The fraction of sp³-hybridized carbons (Fsp3) is 0.667. The monoisotopic (exact) mass is 226 g/mol. The van der Waals surface area contributed by atoms with Crippen LogP contribution in [0.5, 0.6) is 0 Å². The number of hydrogen-bond acceptors (Lipinski definition) is 4. The minimum atomic E-state index is -4.34. The molecule has 0 spiro atoms. The Kier molecular flexibility index (Phi) is 3.38. The van der Waals surface area contributed by atoms with Crippen molar-refractivity contribution < 1.29 is 13.2 Å². The number of alkyl halides is 3. The van der Waals surface area contributed by atoms with Gasteiger partial charge in [-0.15, -0.1) is 10.2 Å². The largest absolute Gasteiger partial charge is 0.449 e. The number of halogens is 3. The molecule has 0 aliphatic rings. The van der Waals surface area contributed by atoms with Crippen LogP contribution in [0.2, 0.25) is 0 Å². The number of nitrogens with zero attached hydrogens (tertiary/aromatic N) is 3.